The van der Waals surface area contributed by atoms with Crippen molar-refractivity contribution in [2.75, 3.05) is 23.8 Å². The molecule has 2 amide bonds. The van der Waals surface area contributed by atoms with Crippen molar-refractivity contribution in [3.8, 4) is 0 Å². The third kappa shape index (κ3) is 3.52. The lowest BCUT2D eigenvalue weighted by atomic mass is 10.3. The summed E-state index contributed by atoms with van der Waals surface area (Å²) in [7, 11) is 0. The molecule has 1 saturated heterocycles. The molecule has 0 bridgehead atoms. The Morgan fingerprint density at radius 1 is 1.27 bits per heavy atom. The molecule has 1 atom stereocenters. The Morgan fingerprint density at radius 2 is 2.09 bits per heavy atom. The number of halogens is 2. The number of amides is 2. The van der Waals surface area contributed by atoms with Crippen molar-refractivity contribution in [1.82, 2.24) is 9.78 Å². The maximum absolute atomic E-state index is 11.9. The summed E-state index contributed by atoms with van der Waals surface area (Å²) in [4.78, 5) is 11.9. The number of benzene rings is 1. The lowest BCUT2D eigenvalue weighted by molar-refractivity contribution is 0.184. The molecule has 0 saturated carbocycles. The Hall–Kier alpha value is -1.76. The molecule has 6 nitrogen and oxygen atoms in total. The zero-order chi connectivity index (χ0) is 15.5. The fourth-order valence-corrected chi connectivity index (χ4v) is 2.50. The molecule has 2 heterocycles. The van der Waals surface area contributed by atoms with Crippen molar-refractivity contribution in [2.24, 2.45) is 0 Å². The summed E-state index contributed by atoms with van der Waals surface area (Å²) >= 11 is 11.7. The van der Waals surface area contributed by atoms with Crippen LogP contribution in [0.4, 0.5) is 16.2 Å². The zero-order valence-corrected chi connectivity index (χ0v) is 13.1. The quantitative estimate of drug-likeness (QED) is 0.892. The van der Waals surface area contributed by atoms with Gasteiger partial charge in [0.1, 0.15) is 0 Å². The summed E-state index contributed by atoms with van der Waals surface area (Å²) in [6.07, 6.45) is 4.32. The summed E-state index contributed by atoms with van der Waals surface area (Å²) in [6.45, 7) is 1.39. The van der Waals surface area contributed by atoms with Crippen LogP contribution in [0.1, 0.15) is 12.5 Å². The topological polar surface area (TPSA) is 68.2 Å². The van der Waals surface area contributed by atoms with E-state index in [1.54, 1.807) is 30.6 Å². The molecule has 1 unspecified atom stereocenters. The molecule has 116 valence electrons. The molecular formula is C14H14Cl2N4O2. The number of hydrogen-bond donors (Lipinski definition) is 2. The highest BCUT2D eigenvalue weighted by Gasteiger charge is 2.18. The summed E-state index contributed by atoms with van der Waals surface area (Å²) in [5, 5.41) is 10.5. The second kappa shape index (κ2) is 6.56. The van der Waals surface area contributed by atoms with Crippen molar-refractivity contribution < 1.29 is 9.53 Å². The van der Waals surface area contributed by atoms with Crippen LogP contribution in [0.2, 0.25) is 10.0 Å². The fraction of sp³-hybridized carbons (Fsp3) is 0.286. The molecule has 3 rings (SSSR count). The molecule has 0 aliphatic carbocycles. The van der Waals surface area contributed by atoms with Crippen molar-refractivity contribution in [3.63, 3.8) is 0 Å². The fourth-order valence-electron chi connectivity index (χ4n) is 2.20. The van der Waals surface area contributed by atoms with Crippen molar-refractivity contribution in [2.45, 2.75) is 12.5 Å². The van der Waals surface area contributed by atoms with Crippen LogP contribution < -0.4 is 10.6 Å². The standard InChI is InChI=1S/C14H14Cl2N4O2/c15-12-2-1-9(5-13(12)16)18-14(21)19-10-6-17-20(7-10)11-3-4-22-8-11/h1-2,5-7,11H,3-4,8H2,(H2,18,19,21). The molecule has 22 heavy (non-hydrogen) atoms. The average Bonchev–Trinajstić information content (AvgIpc) is 3.13. The molecule has 1 fully saturated rings. The normalized spacial score (nSPS) is 17.5. The number of carbonyl (C=O) groups is 1. The summed E-state index contributed by atoms with van der Waals surface area (Å²) in [5.74, 6) is 0. The molecule has 0 spiro atoms. The summed E-state index contributed by atoms with van der Waals surface area (Å²) < 4.78 is 7.13. The van der Waals surface area contributed by atoms with Gasteiger partial charge in [-0.1, -0.05) is 23.2 Å². The predicted molar refractivity (Wildman–Crippen MR) is 85.8 cm³/mol. The minimum absolute atomic E-state index is 0.230. The minimum atomic E-state index is -0.374. The van der Waals surface area contributed by atoms with Crippen LogP contribution in [0.25, 0.3) is 0 Å². The Kier molecular flexibility index (Phi) is 4.52. The maximum atomic E-state index is 11.9. The molecule has 1 aliphatic heterocycles. The van der Waals surface area contributed by atoms with Gasteiger partial charge in [-0.3, -0.25) is 4.68 Å². The third-order valence-corrected chi connectivity index (χ3v) is 4.06. The first-order valence-electron chi connectivity index (χ1n) is 6.77. The molecule has 1 aliphatic rings. The third-order valence-electron chi connectivity index (χ3n) is 3.32. The van der Waals surface area contributed by atoms with Crippen LogP contribution in [-0.2, 0) is 4.74 Å². The smallest absolute Gasteiger partial charge is 0.323 e. The predicted octanol–water partition coefficient (Wildman–Crippen LogP) is 3.80. The number of urea groups is 1. The van der Waals surface area contributed by atoms with E-state index in [0.29, 0.717) is 28.0 Å². The van der Waals surface area contributed by atoms with Crippen molar-refractivity contribution in [1.29, 1.82) is 0 Å². The molecule has 8 heteroatoms. The van der Waals surface area contributed by atoms with Crippen LogP contribution >= 0.6 is 23.2 Å². The van der Waals surface area contributed by atoms with E-state index in [1.807, 2.05) is 4.68 Å². The highest BCUT2D eigenvalue weighted by Crippen LogP contribution is 2.25. The van der Waals surface area contributed by atoms with E-state index in [0.717, 1.165) is 13.0 Å². The van der Waals surface area contributed by atoms with E-state index in [9.17, 15) is 4.79 Å². The minimum Gasteiger partial charge on any atom is -0.379 e. The second-order valence-electron chi connectivity index (χ2n) is 4.93. The molecule has 2 aromatic rings. The van der Waals surface area contributed by atoms with Crippen LogP contribution in [0, 0.1) is 0 Å². The van der Waals surface area contributed by atoms with Crippen LogP contribution in [0.3, 0.4) is 0 Å². The monoisotopic (exact) mass is 340 g/mol. The van der Waals surface area contributed by atoms with Gasteiger partial charge in [0, 0.05) is 18.5 Å². The number of hydrogen-bond acceptors (Lipinski definition) is 3. The van der Waals surface area contributed by atoms with Crippen molar-refractivity contribution >= 4 is 40.6 Å². The van der Waals surface area contributed by atoms with E-state index >= 15 is 0 Å². The van der Waals surface area contributed by atoms with Gasteiger partial charge in [-0.05, 0) is 24.6 Å². The Morgan fingerprint density at radius 3 is 2.82 bits per heavy atom. The van der Waals surface area contributed by atoms with Gasteiger partial charge in [0.15, 0.2) is 0 Å². The van der Waals surface area contributed by atoms with E-state index in [-0.39, 0.29) is 12.1 Å². The number of ether oxygens (including phenoxy) is 1. The first-order valence-corrected chi connectivity index (χ1v) is 7.52. The number of carbonyl (C=O) groups excluding carboxylic acids is 1. The highest BCUT2D eigenvalue weighted by atomic mass is 35.5. The first kappa shape index (κ1) is 15.1. The van der Waals surface area contributed by atoms with Gasteiger partial charge >= 0.3 is 6.03 Å². The Balaban J connectivity index is 1.60. The van der Waals surface area contributed by atoms with Gasteiger partial charge in [0.2, 0.25) is 0 Å². The van der Waals surface area contributed by atoms with Gasteiger partial charge in [-0.2, -0.15) is 5.10 Å². The van der Waals surface area contributed by atoms with Gasteiger partial charge < -0.3 is 15.4 Å². The van der Waals surface area contributed by atoms with Gasteiger partial charge in [0.05, 0.1) is 34.6 Å². The molecular weight excluding hydrogens is 327 g/mol. The van der Waals surface area contributed by atoms with Gasteiger partial charge in [-0.15, -0.1) is 0 Å². The lowest BCUT2D eigenvalue weighted by Crippen LogP contribution is -2.19. The van der Waals surface area contributed by atoms with Crippen LogP contribution in [0.15, 0.2) is 30.6 Å². The summed E-state index contributed by atoms with van der Waals surface area (Å²) in [6, 6.07) is 4.74. The van der Waals surface area contributed by atoms with Crippen LogP contribution in [0.5, 0.6) is 0 Å². The maximum Gasteiger partial charge on any atom is 0.323 e. The van der Waals surface area contributed by atoms with E-state index < -0.39 is 0 Å². The SMILES string of the molecule is O=C(Nc1ccc(Cl)c(Cl)c1)Nc1cnn(C2CCOC2)c1. The largest absolute Gasteiger partial charge is 0.379 e. The van der Waals surface area contributed by atoms with Crippen molar-refractivity contribution in [3.05, 3.63) is 40.6 Å². The molecule has 2 N–H and O–H groups in total. The summed E-state index contributed by atoms with van der Waals surface area (Å²) in [5.41, 5.74) is 1.17. The van der Waals surface area contributed by atoms with Gasteiger partial charge in [0.25, 0.3) is 0 Å². The molecule has 1 aromatic heterocycles. The van der Waals surface area contributed by atoms with E-state index in [1.165, 1.54) is 0 Å². The number of rotatable bonds is 3. The lowest BCUT2D eigenvalue weighted by Gasteiger charge is -2.08. The Bertz CT molecular complexity index is 683. The number of aromatic nitrogens is 2. The first-order chi connectivity index (χ1) is 10.6. The number of nitrogens with zero attached hydrogens (tertiary/aromatic N) is 2. The molecule has 0 radical (unpaired) electrons. The van der Waals surface area contributed by atoms with Gasteiger partial charge in [-0.25, -0.2) is 4.79 Å². The van der Waals surface area contributed by atoms with Crippen LogP contribution in [-0.4, -0.2) is 29.0 Å². The average molecular weight is 341 g/mol. The van der Waals surface area contributed by atoms with E-state index in [4.69, 9.17) is 27.9 Å². The highest BCUT2D eigenvalue weighted by molar-refractivity contribution is 6.42. The number of anilines is 2. The second-order valence-corrected chi connectivity index (χ2v) is 5.75. The Labute approximate surface area is 137 Å². The molecule has 1 aromatic carbocycles. The zero-order valence-electron chi connectivity index (χ0n) is 11.6. The van der Waals surface area contributed by atoms with E-state index in [2.05, 4.69) is 15.7 Å². The number of nitrogens with one attached hydrogen (secondary N) is 2.